The molecule has 1 aliphatic carbocycles. The summed E-state index contributed by atoms with van der Waals surface area (Å²) in [5, 5.41) is 10.0. The van der Waals surface area contributed by atoms with E-state index in [1.54, 1.807) is 0 Å². The van der Waals surface area contributed by atoms with Crippen LogP contribution in [0, 0.1) is 5.92 Å². The lowest BCUT2D eigenvalue weighted by molar-refractivity contribution is -0.0582. The predicted molar refractivity (Wildman–Crippen MR) is 64.0 cm³/mol. The lowest BCUT2D eigenvalue weighted by Crippen LogP contribution is -2.55. The smallest absolute Gasteiger partial charge is 0.0698 e. The average Bonchev–Trinajstić information content (AvgIpc) is 2.30. The Labute approximate surface area is 96.9 Å². The summed E-state index contributed by atoms with van der Waals surface area (Å²) in [6.45, 7) is 2.18. The van der Waals surface area contributed by atoms with Crippen LogP contribution in [0.2, 0.25) is 0 Å². The van der Waals surface area contributed by atoms with Crippen molar-refractivity contribution in [2.24, 2.45) is 5.92 Å². The molecule has 4 rings (SSSR count). The van der Waals surface area contributed by atoms with Crippen LogP contribution in [-0.2, 0) is 6.54 Å². The van der Waals surface area contributed by atoms with Gasteiger partial charge in [0, 0.05) is 19.1 Å². The molecule has 1 saturated carbocycles. The van der Waals surface area contributed by atoms with E-state index in [1.807, 2.05) is 0 Å². The molecule has 2 heterocycles. The second kappa shape index (κ2) is 4.19. The van der Waals surface area contributed by atoms with Crippen LogP contribution in [0.25, 0.3) is 0 Å². The van der Waals surface area contributed by atoms with Crippen LogP contribution < -0.4 is 0 Å². The highest BCUT2D eigenvalue weighted by molar-refractivity contribution is 5.15. The number of rotatable bonds is 2. The van der Waals surface area contributed by atoms with Gasteiger partial charge in [-0.1, -0.05) is 30.3 Å². The summed E-state index contributed by atoms with van der Waals surface area (Å²) < 4.78 is 0. The molecule has 3 aliphatic rings. The van der Waals surface area contributed by atoms with Gasteiger partial charge in [0.25, 0.3) is 0 Å². The minimum Gasteiger partial charge on any atom is -0.391 e. The fraction of sp³-hybridized carbons (Fsp3) is 0.571. The molecule has 2 bridgehead atoms. The van der Waals surface area contributed by atoms with Gasteiger partial charge in [0.1, 0.15) is 0 Å². The van der Waals surface area contributed by atoms with Crippen LogP contribution >= 0.6 is 0 Å². The van der Waals surface area contributed by atoms with Crippen molar-refractivity contribution >= 4 is 0 Å². The van der Waals surface area contributed by atoms with Gasteiger partial charge in [-0.25, -0.2) is 0 Å². The van der Waals surface area contributed by atoms with Gasteiger partial charge in [-0.05, 0) is 30.7 Å². The van der Waals surface area contributed by atoms with Crippen molar-refractivity contribution < 1.29 is 5.11 Å². The molecule has 3 fully saturated rings. The topological polar surface area (TPSA) is 23.5 Å². The maximum Gasteiger partial charge on any atom is 0.0698 e. The molecule has 2 saturated heterocycles. The van der Waals surface area contributed by atoms with Crippen molar-refractivity contribution in [1.82, 2.24) is 4.90 Å². The van der Waals surface area contributed by atoms with Crippen molar-refractivity contribution in [2.45, 2.75) is 38.0 Å². The molecule has 1 aromatic carbocycles. The molecule has 0 amide bonds. The van der Waals surface area contributed by atoms with Gasteiger partial charge in [-0.3, -0.25) is 4.90 Å². The summed E-state index contributed by atoms with van der Waals surface area (Å²) in [7, 11) is 0. The van der Waals surface area contributed by atoms with Gasteiger partial charge in [-0.2, -0.15) is 0 Å². The molecule has 2 aliphatic heterocycles. The van der Waals surface area contributed by atoms with Crippen LogP contribution in [0.1, 0.15) is 24.8 Å². The third-order valence-electron chi connectivity index (χ3n) is 4.08. The fourth-order valence-corrected chi connectivity index (χ4v) is 3.27. The van der Waals surface area contributed by atoms with E-state index in [0.29, 0.717) is 6.04 Å². The second-order valence-corrected chi connectivity index (χ2v) is 5.23. The maximum absolute atomic E-state index is 10.0. The normalized spacial score (nSPS) is 34.2. The second-order valence-electron chi connectivity index (χ2n) is 5.23. The van der Waals surface area contributed by atoms with Crippen molar-refractivity contribution in [1.29, 1.82) is 0 Å². The molecule has 3 atom stereocenters. The van der Waals surface area contributed by atoms with Crippen LogP contribution in [0.15, 0.2) is 30.3 Å². The third kappa shape index (κ3) is 1.87. The Morgan fingerprint density at radius 2 is 2.00 bits per heavy atom. The van der Waals surface area contributed by atoms with Crippen molar-refractivity contribution in [3.05, 3.63) is 35.9 Å². The predicted octanol–water partition coefficient (Wildman–Crippen LogP) is 2.03. The molecule has 1 aromatic rings. The molecule has 0 spiro atoms. The largest absolute Gasteiger partial charge is 0.391 e. The number of aliphatic hydroxyl groups excluding tert-OH is 1. The molecule has 1 unspecified atom stereocenters. The first-order valence-electron chi connectivity index (χ1n) is 6.29. The maximum atomic E-state index is 10.0. The Bertz CT molecular complexity index is 351. The van der Waals surface area contributed by atoms with Crippen LogP contribution in [0.5, 0.6) is 0 Å². The van der Waals surface area contributed by atoms with Crippen molar-refractivity contribution in [3.63, 3.8) is 0 Å². The van der Waals surface area contributed by atoms with Gasteiger partial charge in [0.2, 0.25) is 0 Å². The molecule has 0 radical (unpaired) electrons. The minimum atomic E-state index is -0.0868. The van der Waals surface area contributed by atoms with Crippen LogP contribution in [0.3, 0.4) is 0 Å². The highest BCUT2D eigenvalue weighted by Crippen LogP contribution is 2.35. The Kier molecular flexibility index (Phi) is 2.70. The van der Waals surface area contributed by atoms with Crippen LogP contribution in [0.4, 0.5) is 0 Å². The summed E-state index contributed by atoms with van der Waals surface area (Å²) in [5.74, 6) is 0.726. The molecule has 2 nitrogen and oxygen atoms in total. The van der Waals surface area contributed by atoms with Crippen molar-refractivity contribution in [2.75, 3.05) is 6.54 Å². The number of piperidine rings is 2. The molecule has 86 valence electrons. The number of aliphatic hydroxyl groups is 1. The number of hydrogen-bond acceptors (Lipinski definition) is 2. The Morgan fingerprint density at radius 1 is 1.19 bits per heavy atom. The summed E-state index contributed by atoms with van der Waals surface area (Å²) in [6, 6.07) is 11.0. The number of fused-ring (bicyclic) bond motifs is 3. The van der Waals surface area contributed by atoms with E-state index in [1.165, 1.54) is 24.9 Å². The van der Waals surface area contributed by atoms with Crippen molar-refractivity contribution in [3.8, 4) is 0 Å². The van der Waals surface area contributed by atoms with Crippen LogP contribution in [-0.4, -0.2) is 28.7 Å². The lowest BCUT2D eigenvalue weighted by atomic mass is 9.78. The molecule has 1 N–H and O–H groups in total. The van der Waals surface area contributed by atoms with E-state index in [0.717, 1.165) is 18.9 Å². The first kappa shape index (κ1) is 10.3. The van der Waals surface area contributed by atoms with E-state index >= 15 is 0 Å². The molecule has 16 heavy (non-hydrogen) atoms. The van der Waals surface area contributed by atoms with E-state index in [9.17, 15) is 5.11 Å². The Hall–Kier alpha value is -0.860. The summed E-state index contributed by atoms with van der Waals surface area (Å²) >= 11 is 0. The molecular formula is C14H19NO. The van der Waals surface area contributed by atoms with E-state index in [2.05, 4.69) is 35.2 Å². The van der Waals surface area contributed by atoms with Gasteiger partial charge in [-0.15, -0.1) is 0 Å². The molecule has 0 aromatic heterocycles. The number of hydrogen-bond donors (Lipinski definition) is 1. The molecule has 2 heteroatoms. The number of benzene rings is 1. The highest BCUT2D eigenvalue weighted by Gasteiger charge is 2.39. The number of nitrogens with zero attached hydrogens (tertiary/aromatic N) is 1. The monoisotopic (exact) mass is 217 g/mol. The SMILES string of the molecule is OC1C[C@H]2CC[C@@H]1N(Cc1ccccc1)C2. The van der Waals surface area contributed by atoms with Gasteiger partial charge < -0.3 is 5.11 Å². The van der Waals surface area contributed by atoms with E-state index in [-0.39, 0.29) is 6.10 Å². The zero-order valence-electron chi connectivity index (χ0n) is 9.55. The quantitative estimate of drug-likeness (QED) is 0.819. The average molecular weight is 217 g/mol. The standard InChI is InChI=1S/C14H19NO/c16-14-8-12-6-7-13(14)15(10-12)9-11-4-2-1-3-5-11/h1-5,12-14,16H,6-10H2/t12-,13+,14?/m1/s1. The Morgan fingerprint density at radius 3 is 2.69 bits per heavy atom. The summed E-state index contributed by atoms with van der Waals surface area (Å²) in [5.41, 5.74) is 1.36. The zero-order chi connectivity index (χ0) is 11.0. The first-order valence-corrected chi connectivity index (χ1v) is 6.29. The third-order valence-corrected chi connectivity index (χ3v) is 4.08. The van der Waals surface area contributed by atoms with Gasteiger partial charge >= 0.3 is 0 Å². The Balaban J connectivity index is 1.72. The fourth-order valence-electron chi connectivity index (χ4n) is 3.27. The van der Waals surface area contributed by atoms with E-state index < -0.39 is 0 Å². The minimum absolute atomic E-state index is 0.0868. The summed E-state index contributed by atoms with van der Waals surface area (Å²) in [4.78, 5) is 2.47. The van der Waals surface area contributed by atoms with E-state index in [4.69, 9.17) is 0 Å². The lowest BCUT2D eigenvalue weighted by Gasteiger charge is -2.48. The molecular weight excluding hydrogens is 198 g/mol. The summed E-state index contributed by atoms with van der Waals surface area (Å²) in [6.07, 6.45) is 3.43. The highest BCUT2D eigenvalue weighted by atomic mass is 16.3. The first-order chi connectivity index (χ1) is 7.83. The van der Waals surface area contributed by atoms with Gasteiger partial charge in [0.15, 0.2) is 0 Å². The zero-order valence-corrected chi connectivity index (χ0v) is 9.55. The van der Waals surface area contributed by atoms with Gasteiger partial charge in [0.05, 0.1) is 6.10 Å².